The molecule has 2 aromatic rings. The molecule has 0 heterocycles. The van der Waals surface area contributed by atoms with E-state index in [4.69, 9.17) is 4.74 Å². The first kappa shape index (κ1) is 19.5. The smallest absolute Gasteiger partial charge is 0.313 e. The number of carbonyl (C=O) groups excluding carboxylic acids is 2. The molecule has 2 amide bonds. The zero-order valence-electron chi connectivity index (χ0n) is 15.8. The van der Waals surface area contributed by atoms with Crippen LogP contribution in [0.1, 0.15) is 36.5 Å². The summed E-state index contributed by atoms with van der Waals surface area (Å²) in [5, 5.41) is 5.42. The van der Waals surface area contributed by atoms with E-state index in [1.165, 1.54) is 0 Å². The van der Waals surface area contributed by atoms with Crippen molar-refractivity contribution in [1.82, 2.24) is 5.32 Å². The fraction of sp³-hybridized carbons (Fsp3) is 0.333. The van der Waals surface area contributed by atoms with Gasteiger partial charge >= 0.3 is 11.8 Å². The molecule has 0 atom stereocenters. The van der Waals surface area contributed by atoms with Crippen LogP contribution in [0.5, 0.6) is 5.75 Å². The zero-order valence-corrected chi connectivity index (χ0v) is 15.8. The second kappa shape index (κ2) is 9.04. The standard InChI is InChI=1S/C21H26N2O3/c1-14(2)18-7-5-6-15(3)19(18)23-21(25)20(24)22-13-12-16-8-10-17(26-4)11-9-16/h5-11,14H,12-13H2,1-4H3,(H,22,24)(H,23,25). The van der Waals surface area contributed by atoms with Crippen LogP contribution in [0.15, 0.2) is 42.5 Å². The molecule has 2 rings (SSSR count). The van der Waals surface area contributed by atoms with Crippen molar-refractivity contribution in [2.75, 3.05) is 19.0 Å². The number of nitrogens with one attached hydrogen (secondary N) is 2. The maximum atomic E-state index is 12.2. The first-order chi connectivity index (χ1) is 12.4. The van der Waals surface area contributed by atoms with Crippen LogP contribution in [0.3, 0.4) is 0 Å². The number of amides is 2. The molecule has 5 heteroatoms. The third-order valence-electron chi connectivity index (χ3n) is 4.23. The number of carbonyl (C=O) groups is 2. The molecule has 0 aromatic heterocycles. The van der Waals surface area contributed by atoms with Gasteiger partial charge in [0.25, 0.3) is 0 Å². The third-order valence-corrected chi connectivity index (χ3v) is 4.23. The Labute approximate surface area is 154 Å². The minimum absolute atomic E-state index is 0.253. The normalized spacial score (nSPS) is 10.5. The number of rotatable bonds is 6. The van der Waals surface area contributed by atoms with E-state index in [-0.39, 0.29) is 5.92 Å². The van der Waals surface area contributed by atoms with Gasteiger partial charge in [-0.2, -0.15) is 0 Å². The molecular formula is C21H26N2O3. The predicted octanol–water partition coefficient (Wildman–Crippen LogP) is 3.42. The van der Waals surface area contributed by atoms with Crippen LogP contribution in [0, 0.1) is 6.92 Å². The summed E-state index contributed by atoms with van der Waals surface area (Å²) in [7, 11) is 1.62. The van der Waals surface area contributed by atoms with E-state index in [9.17, 15) is 9.59 Å². The molecular weight excluding hydrogens is 328 g/mol. The molecule has 138 valence electrons. The molecule has 0 bridgehead atoms. The molecule has 0 aliphatic rings. The van der Waals surface area contributed by atoms with Crippen molar-refractivity contribution in [1.29, 1.82) is 0 Å². The monoisotopic (exact) mass is 354 g/mol. The van der Waals surface area contributed by atoms with E-state index in [2.05, 4.69) is 24.5 Å². The van der Waals surface area contributed by atoms with Crippen molar-refractivity contribution in [3.8, 4) is 5.75 Å². The average Bonchev–Trinajstić information content (AvgIpc) is 2.63. The van der Waals surface area contributed by atoms with E-state index in [0.29, 0.717) is 13.0 Å². The molecule has 0 unspecified atom stereocenters. The lowest BCUT2D eigenvalue weighted by molar-refractivity contribution is -0.136. The summed E-state index contributed by atoms with van der Waals surface area (Å²) >= 11 is 0. The van der Waals surface area contributed by atoms with Gasteiger partial charge in [-0.25, -0.2) is 0 Å². The Morgan fingerprint density at radius 2 is 1.73 bits per heavy atom. The molecule has 0 saturated carbocycles. The van der Waals surface area contributed by atoms with Crippen LogP contribution in [-0.2, 0) is 16.0 Å². The van der Waals surface area contributed by atoms with Crippen molar-refractivity contribution in [2.24, 2.45) is 0 Å². The number of hydrogen-bond acceptors (Lipinski definition) is 3. The van der Waals surface area contributed by atoms with Crippen LogP contribution >= 0.6 is 0 Å². The highest BCUT2D eigenvalue weighted by Crippen LogP contribution is 2.27. The Morgan fingerprint density at radius 1 is 1.04 bits per heavy atom. The van der Waals surface area contributed by atoms with Gasteiger partial charge in [-0.3, -0.25) is 9.59 Å². The fourth-order valence-corrected chi connectivity index (χ4v) is 2.71. The van der Waals surface area contributed by atoms with Crippen molar-refractivity contribution in [2.45, 2.75) is 33.1 Å². The number of hydrogen-bond donors (Lipinski definition) is 2. The zero-order chi connectivity index (χ0) is 19.1. The molecule has 2 aromatic carbocycles. The summed E-state index contributed by atoms with van der Waals surface area (Å²) < 4.78 is 5.11. The highest BCUT2D eigenvalue weighted by atomic mass is 16.5. The first-order valence-electron chi connectivity index (χ1n) is 8.74. The fourth-order valence-electron chi connectivity index (χ4n) is 2.71. The highest BCUT2D eigenvalue weighted by Gasteiger charge is 2.17. The number of anilines is 1. The summed E-state index contributed by atoms with van der Waals surface area (Å²) in [5.74, 6) is -0.230. The van der Waals surface area contributed by atoms with Crippen LogP contribution in [0.4, 0.5) is 5.69 Å². The lowest BCUT2D eigenvalue weighted by Gasteiger charge is -2.16. The topological polar surface area (TPSA) is 67.4 Å². The number of aryl methyl sites for hydroxylation is 1. The Hall–Kier alpha value is -2.82. The van der Waals surface area contributed by atoms with E-state index in [0.717, 1.165) is 28.1 Å². The molecule has 0 aliphatic heterocycles. The first-order valence-corrected chi connectivity index (χ1v) is 8.74. The van der Waals surface area contributed by atoms with Crippen molar-refractivity contribution < 1.29 is 14.3 Å². The maximum Gasteiger partial charge on any atom is 0.313 e. The lowest BCUT2D eigenvalue weighted by atomic mass is 9.98. The van der Waals surface area contributed by atoms with Crippen LogP contribution in [-0.4, -0.2) is 25.5 Å². The summed E-state index contributed by atoms with van der Waals surface area (Å²) in [5.41, 5.74) is 3.74. The molecule has 2 N–H and O–H groups in total. The van der Waals surface area contributed by atoms with Gasteiger partial charge in [0, 0.05) is 12.2 Å². The summed E-state index contributed by atoms with van der Waals surface area (Å²) in [6.45, 7) is 6.42. The van der Waals surface area contributed by atoms with Crippen molar-refractivity contribution in [3.63, 3.8) is 0 Å². The van der Waals surface area contributed by atoms with Crippen LogP contribution in [0.25, 0.3) is 0 Å². The van der Waals surface area contributed by atoms with Crippen LogP contribution < -0.4 is 15.4 Å². The molecule has 0 fully saturated rings. The third kappa shape index (κ3) is 5.09. The summed E-state index contributed by atoms with van der Waals surface area (Å²) in [4.78, 5) is 24.3. The Bertz CT molecular complexity index is 767. The van der Waals surface area contributed by atoms with E-state index in [1.807, 2.05) is 49.4 Å². The van der Waals surface area contributed by atoms with Gasteiger partial charge in [-0.05, 0) is 48.1 Å². The van der Waals surface area contributed by atoms with Gasteiger partial charge in [0.15, 0.2) is 0 Å². The van der Waals surface area contributed by atoms with Gasteiger partial charge < -0.3 is 15.4 Å². The van der Waals surface area contributed by atoms with Gasteiger partial charge in [-0.15, -0.1) is 0 Å². The SMILES string of the molecule is COc1ccc(CCNC(=O)C(=O)Nc2c(C)cccc2C(C)C)cc1. The Balaban J connectivity index is 1.91. The molecule has 5 nitrogen and oxygen atoms in total. The van der Waals surface area contributed by atoms with Gasteiger partial charge in [0.2, 0.25) is 0 Å². The maximum absolute atomic E-state index is 12.2. The quantitative estimate of drug-likeness (QED) is 0.781. The Morgan fingerprint density at radius 3 is 2.35 bits per heavy atom. The minimum atomic E-state index is -0.643. The van der Waals surface area contributed by atoms with Crippen molar-refractivity contribution in [3.05, 3.63) is 59.2 Å². The average molecular weight is 354 g/mol. The molecule has 0 radical (unpaired) electrons. The summed E-state index contributed by atoms with van der Waals surface area (Å²) in [6.07, 6.45) is 0.643. The highest BCUT2D eigenvalue weighted by molar-refractivity contribution is 6.39. The Kier molecular flexibility index (Phi) is 6.78. The predicted molar refractivity (Wildman–Crippen MR) is 104 cm³/mol. The number of benzene rings is 2. The molecule has 0 aliphatic carbocycles. The second-order valence-corrected chi connectivity index (χ2v) is 6.50. The van der Waals surface area contributed by atoms with Gasteiger partial charge in [-0.1, -0.05) is 44.2 Å². The second-order valence-electron chi connectivity index (χ2n) is 6.50. The number of para-hydroxylation sites is 1. The number of methoxy groups -OCH3 is 1. The van der Waals surface area contributed by atoms with Crippen molar-refractivity contribution >= 4 is 17.5 Å². The van der Waals surface area contributed by atoms with E-state index >= 15 is 0 Å². The molecule has 26 heavy (non-hydrogen) atoms. The molecule has 0 saturated heterocycles. The largest absolute Gasteiger partial charge is 0.497 e. The van der Waals surface area contributed by atoms with E-state index in [1.54, 1.807) is 7.11 Å². The minimum Gasteiger partial charge on any atom is -0.497 e. The van der Waals surface area contributed by atoms with E-state index < -0.39 is 11.8 Å². The van der Waals surface area contributed by atoms with Gasteiger partial charge in [0.05, 0.1) is 7.11 Å². The number of ether oxygens (including phenoxy) is 1. The molecule has 0 spiro atoms. The lowest BCUT2D eigenvalue weighted by Crippen LogP contribution is -2.36. The van der Waals surface area contributed by atoms with Gasteiger partial charge in [0.1, 0.15) is 5.75 Å². The van der Waals surface area contributed by atoms with Crippen LogP contribution in [0.2, 0.25) is 0 Å². The summed E-state index contributed by atoms with van der Waals surface area (Å²) in [6, 6.07) is 13.5.